The molecule has 0 spiro atoms. The van der Waals surface area contributed by atoms with Gasteiger partial charge in [-0.15, -0.1) is 0 Å². The van der Waals surface area contributed by atoms with Crippen LogP contribution in [0.2, 0.25) is 0 Å². The van der Waals surface area contributed by atoms with E-state index >= 15 is 4.39 Å². The molecule has 1 fully saturated rings. The normalized spacial score (nSPS) is 16.1. The second-order valence-electron chi connectivity index (χ2n) is 9.96. The van der Waals surface area contributed by atoms with Crippen LogP contribution in [0.15, 0.2) is 36.5 Å². The van der Waals surface area contributed by atoms with Gasteiger partial charge in [-0.05, 0) is 57.0 Å². The van der Waals surface area contributed by atoms with Gasteiger partial charge < -0.3 is 15.0 Å². The van der Waals surface area contributed by atoms with Gasteiger partial charge in [0, 0.05) is 53.6 Å². The zero-order valence-electron chi connectivity index (χ0n) is 22.0. The SMILES string of the molecule is COc1ccc2ncc(CF)c(C(F)CCC3(C(=O)NO)CCN(CCNc4cc(F)c(F)c(F)c4)CC3)c2c1. The van der Waals surface area contributed by atoms with Crippen LogP contribution in [0.3, 0.4) is 0 Å². The highest BCUT2D eigenvalue weighted by atomic mass is 19.2. The summed E-state index contributed by atoms with van der Waals surface area (Å²) in [5.41, 5.74) is 1.57. The van der Waals surface area contributed by atoms with E-state index in [1.54, 1.807) is 23.7 Å². The largest absolute Gasteiger partial charge is 0.497 e. The van der Waals surface area contributed by atoms with Crippen LogP contribution in [0.5, 0.6) is 5.75 Å². The number of hydroxylamine groups is 1. The van der Waals surface area contributed by atoms with E-state index in [9.17, 15) is 27.6 Å². The number of nitrogens with one attached hydrogen (secondary N) is 2. The number of carbonyl (C=O) groups is 1. The van der Waals surface area contributed by atoms with E-state index in [0.29, 0.717) is 55.7 Å². The summed E-state index contributed by atoms with van der Waals surface area (Å²) in [6.45, 7) is 0.764. The fourth-order valence-electron chi connectivity index (χ4n) is 5.31. The van der Waals surface area contributed by atoms with Crippen LogP contribution in [0, 0.1) is 22.9 Å². The van der Waals surface area contributed by atoms with E-state index in [4.69, 9.17) is 4.74 Å². The summed E-state index contributed by atoms with van der Waals surface area (Å²) in [5, 5.41) is 12.7. The van der Waals surface area contributed by atoms with E-state index in [2.05, 4.69) is 10.3 Å². The van der Waals surface area contributed by atoms with Crippen molar-refractivity contribution < 1.29 is 36.7 Å². The predicted molar refractivity (Wildman–Crippen MR) is 139 cm³/mol. The van der Waals surface area contributed by atoms with Crippen molar-refractivity contribution in [1.29, 1.82) is 0 Å². The molecule has 2 aromatic carbocycles. The Balaban J connectivity index is 1.41. The van der Waals surface area contributed by atoms with Gasteiger partial charge in [0.05, 0.1) is 18.0 Å². The third-order valence-electron chi connectivity index (χ3n) is 7.67. The van der Waals surface area contributed by atoms with E-state index in [-0.39, 0.29) is 29.7 Å². The zero-order chi connectivity index (χ0) is 28.9. The molecule has 216 valence electrons. The van der Waals surface area contributed by atoms with Gasteiger partial charge in [0.2, 0.25) is 5.91 Å². The lowest BCUT2D eigenvalue weighted by Crippen LogP contribution is -2.49. The van der Waals surface area contributed by atoms with Crippen LogP contribution in [0.25, 0.3) is 10.9 Å². The number of aromatic nitrogens is 1. The average Bonchev–Trinajstić information content (AvgIpc) is 2.97. The first-order chi connectivity index (χ1) is 19.2. The first-order valence-electron chi connectivity index (χ1n) is 12.9. The average molecular weight is 567 g/mol. The fourth-order valence-corrected chi connectivity index (χ4v) is 5.31. The maximum absolute atomic E-state index is 15.8. The monoisotopic (exact) mass is 566 g/mol. The molecule has 4 rings (SSSR count). The smallest absolute Gasteiger partial charge is 0.249 e. The molecule has 3 N–H and O–H groups in total. The van der Waals surface area contributed by atoms with Crippen molar-refractivity contribution >= 4 is 22.5 Å². The van der Waals surface area contributed by atoms with Gasteiger partial charge in [-0.2, -0.15) is 0 Å². The summed E-state index contributed by atoms with van der Waals surface area (Å²) in [6, 6.07) is 6.70. The number of fused-ring (bicyclic) bond motifs is 1. The molecule has 1 unspecified atom stereocenters. The summed E-state index contributed by atoms with van der Waals surface area (Å²) < 4.78 is 74.9. The number of pyridine rings is 1. The molecule has 1 saturated heterocycles. The number of rotatable bonds is 11. The van der Waals surface area contributed by atoms with Gasteiger partial charge in [-0.3, -0.25) is 15.0 Å². The van der Waals surface area contributed by atoms with Gasteiger partial charge in [-0.25, -0.2) is 27.4 Å². The highest BCUT2D eigenvalue weighted by molar-refractivity contribution is 5.85. The summed E-state index contributed by atoms with van der Waals surface area (Å²) in [6.07, 6.45) is 0.402. The molecule has 40 heavy (non-hydrogen) atoms. The van der Waals surface area contributed by atoms with Gasteiger partial charge in [0.25, 0.3) is 0 Å². The van der Waals surface area contributed by atoms with Crippen molar-refractivity contribution in [3.05, 3.63) is 65.1 Å². The van der Waals surface area contributed by atoms with Crippen molar-refractivity contribution in [2.24, 2.45) is 5.41 Å². The Morgan fingerprint density at radius 1 is 1.18 bits per heavy atom. The number of alkyl halides is 2. The van der Waals surface area contributed by atoms with Crippen LogP contribution in [0.1, 0.15) is 43.0 Å². The Kier molecular flexibility index (Phi) is 9.41. The standard InChI is InChI=1S/C28H31F5N4O3/c1-40-19-2-3-24-20(14-19)25(17(15-29)16-35-24)21(30)4-5-28(27(38)36-39)6-9-37(10-7-28)11-8-34-18-12-22(31)26(33)23(32)13-18/h2-3,12-14,16,21,34,39H,4-11,15H2,1H3,(H,36,38). The maximum Gasteiger partial charge on any atom is 0.249 e. The number of hydrogen-bond acceptors (Lipinski definition) is 6. The number of methoxy groups -OCH3 is 1. The summed E-state index contributed by atoms with van der Waals surface area (Å²) in [5.74, 6) is -4.24. The van der Waals surface area contributed by atoms with Crippen LogP contribution < -0.4 is 15.5 Å². The summed E-state index contributed by atoms with van der Waals surface area (Å²) in [4.78, 5) is 19.0. The molecule has 12 heteroatoms. The second kappa shape index (κ2) is 12.8. The van der Waals surface area contributed by atoms with Crippen molar-refractivity contribution in [3.8, 4) is 5.75 Å². The number of amides is 1. The molecule has 7 nitrogen and oxygen atoms in total. The quantitative estimate of drug-likeness (QED) is 0.121. The van der Waals surface area contributed by atoms with Gasteiger partial charge >= 0.3 is 0 Å². The lowest BCUT2D eigenvalue weighted by molar-refractivity contribution is -0.143. The number of ether oxygens (including phenoxy) is 1. The van der Waals surface area contributed by atoms with Crippen molar-refractivity contribution in [2.75, 3.05) is 38.6 Å². The van der Waals surface area contributed by atoms with Crippen LogP contribution in [-0.4, -0.2) is 54.3 Å². The minimum Gasteiger partial charge on any atom is -0.497 e. The molecular weight excluding hydrogens is 535 g/mol. The number of hydrogen-bond donors (Lipinski definition) is 3. The van der Waals surface area contributed by atoms with Crippen LogP contribution in [0.4, 0.5) is 27.6 Å². The lowest BCUT2D eigenvalue weighted by atomic mass is 9.73. The Bertz CT molecular complexity index is 1320. The van der Waals surface area contributed by atoms with Gasteiger partial charge in [0.1, 0.15) is 18.6 Å². The molecule has 0 bridgehead atoms. The topological polar surface area (TPSA) is 86.7 Å². The minimum atomic E-state index is -1.59. The Hall–Kier alpha value is -3.51. The predicted octanol–water partition coefficient (Wildman–Crippen LogP) is 5.62. The molecule has 1 aliphatic heterocycles. The molecule has 1 amide bonds. The van der Waals surface area contributed by atoms with Crippen molar-refractivity contribution in [1.82, 2.24) is 15.4 Å². The first-order valence-corrected chi connectivity index (χ1v) is 12.9. The molecule has 1 aromatic heterocycles. The Labute approximate surface area is 228 Å². The third-order valence-corrected chi connectivity index (χ3v) is 7.67. The molecule has 0 radical (unpaired) electrons. The zero-order valence-corrected chi connectivity index (χ0v) is 22.0. The number of piperidine rings is 1. The summed E-state index contributed by atoms with van der Waals surface area (Å²) >= 11 is 0. The molecule has 1 atom stereocenters. The van der Waals surface area contributed by atoms with Crippen molar-refractivity contribution in [2.45, 2.75) is 38.5 Å². The number of benzene rings is 2. The van der Waals surface area contributed by atoms with Crippen LogP contribution >= 0.6 is 0 Å². The molecular formula is C28H31F5N4O3. The minimum absolute atomic E-state index is 0.0833. The Morgan fingerprint density at radius 3 is 2.50 bits per heavy atom. The van der Waals surface area contributed by atoms with Crippen molar-refractivity contribution in [3.63, 3.8) is 0 Å². The highest BCUT2D eigenvalue weighted by Gasteiger charge is 2.41. The second-order valence-corrected chi connectivity index (χ2v) is 9.96. The summed E-state index contributed by atoms with van der Waals surface area (Å²) in [7, 11) is 1.47. The molecule has 2 heterocycles. The number of halogens is 5. The van der Waals surface area contributed by atoms with Gasteiger partial charge in [-0.1, -0.05) is 0 Å². The first kappa shape index (κ1) is 29.5. The van der Waals surface area contributed by atoms with E-state index in [0.717, 1.165) is 12.1 Å². The highest BCUT2D eigenvalue weighted by Crippen LogP contribution is 2.41. The lowest BCUT2D eigenvalue weighted by Gasteiger charge is -2.40. The Morgan fingerprint density at radius 2 is 1.88 bits per heavy atom. The molecule has 0 aliphatic carbocycles. The molecule has 1 aliphatic rings. The number of nitrogens with zero attached hydrogens (tertiary/aromatic N) is 2. The number of anilines is 1. The third kappa shape index (κ3) is 6.28. The van der Waals surface area contributed by atoms with Crippen LogP contribution in [-0.2, 0) is 11.5 Å². The molecule has 0 saturated carbocycles. The van der Waals surface area contributed by atoms with E-state index in [1.165, 1.54) is 13.3 Å². The number of likely N-dealkylation sites (tertiary alicyclic amines) is 1. The van der Waals surface area contributed by atoms with E-state index in [1.807, 2.05) is 4.90 Å². The fraction of sp³-hybridized carbons (Fsp3) is 0.429. The number of carbonyl (C=O) groups excluding carboxylic acids is 1. The maximum atomic E-state index is 15.8. The van der Waals surface area contributed by atoms with Gasteiger partial charge in [0.15, 0.2) is 17.5 Å². The molecule has 3 aromatic rings. The van der Waals surface area contributed by atoms with E-state index < -0.39 is 41.6 Å².